The molecule has 1 fully saturated rings. The minimum Gasteiger partial charge on any atom is -0.483 e. The summed E-state index contributed by atoms with van der Waals surface area (Å²) in [5, 5.41) is 0.685. The van der Waals surface area contributed by atoms with Crippen molar-refractivity contribution in [2.24, 2.45) is 0 Å². The largest absolute Gasteiger partial charge is 0.483 e. The molecule has 2 heterocycles. The lowest BCUT2D eigenvalue weighted by atomic mass is 9.97. The van der Waals surface area contributed by atoms with Gasteiger partial charge in [0.05, 0.1) is 0 Å². The second-order valence-electron chi connectivity index (χ2n) is 7.62. The van der Waals surface area contributed by atoms with Gasteiger partial charge in [-0.3, -0.25) is 9.59 Å². The molecule has 0 spiro atoms. The van der Waals surface area contributed by atoms with Gasteiger partial charge in [0.1, 0.15) is 5.75 Å². The minimum absolute atomic E-state index is 0.00555. The van der Waals surface area contributed by atoms with Crippen LogP contribution in [0.5, 0.6) is 5.75 Å². The van der Waals surface area contributed by atoms with Crippen LogP contribution >= 0.6 is 11.6 Å². The molecular formula is C23H25ClN2O3. The van der Waals surface area contributed by atoms with E-state index in [-0.39, 0.29) is 18.4 Å². The van der Waals surface area contributed by atoms with Gasteiger partial charge in [0, 0.05) is 42.3 Å². The van der Waals surface area contributed by atoms with E-state index in [1.165, 1.54) is 6.42 Å². The number of benzene rings is 2. The summed E-state index contributed by atoms with van der Waals surface area (Å²) in [4.78, 5) is 29.1. The predicted molar refractivity (Wildman–Crippen MR) is 112 cm³/mol. The molecule has 2 aliphatic rings. The van der Waals surface area contributed by atoms with E-state index in [1.807, 2.05) is 52.3 Å². The van der Waals surface area contributed by atoms with Gasteiger partial charge in [-0.1, -0.05) is 29.8 Å². The quantitative estimate of drug-likeness (QED) is 0.747. The summed E-state index contributed by atoms with van der Waals surface area (Å²) in [5.41, 5.74) is 2.61. The fourth-order valence-corrected chi connectivity index (χ4v) is 4.14. The number of nitrogens with zero attached hydrogens (tertiary/aromatic N) is 2. The molecule has 5 nitrogen and oxygen atoms in total. The molecule has 29 heavy (non-hydrogen) atoms. The van der Waals surface area contributed by atoms with E-state index < -0.39 is 0 Å². The Morgan fingerprint density at radius 2 is 1.76 bits per heavy atom. The van der Waals surface area contributed by atoms with Crippen LogP contribution in [-0.2, 0) is 17.8 Å². The van der Waals surface area contributed by atoms with Gasteiger partial charge in [0.25, 0.3) is 11.8 Å². The van der Waals surface area contributed by atoms with Crippen LogP contribution in [0, 0.1) is 0 Å². The van der Waals surface area contributed by atoms with Crippen molar-refractivity contribution in [3.05, 3.63) is 64.2 Å². The Bertz CT molecular complexity index is 891. The van der Waals surface area contributed by atoms with Gasteiger partial charge in [-0.05, 0) is 55.5 Å². The molecule has 0 atom stereocenters. The maximum absolute atomic E-state index is 13.0. The highest BCUT2D eigenvalue weighted by Gasteiger charge is 2.27. The summed E-state index contributed by atoms with van der Waals surface area (Å²) in [5.74, 6) is 0.662. The lowest BCUT2D eigenvalue weighted by molar-refractivity contribution is -0.134. The summed E-state index contributed by atoms with van der Waals surface area (Å²) in [6.07, 6.45) is 4.02. The molecule has 0 saturated carbocycles. The number of amides is 2. The van der Waals surface area contributed by atoms with Crippen LogP contribution in [-0.4, -0.2) is 47.9 Å². The molecule has 0 aliphatic carbocycles. The van der Waals surface area contributed by atoms with Crippen LogP contribution in [0.25, 0.3) is 0 Å². The van der Waals surface area contributed by atoms with Crippen molar-refractivity contribution in [2.75, 3.05) is 26.2 Å². The number of carbonyl (C=O) groups is 2. The van der Waals surface area contributed by atoms with E-state index in [2.05, 4.69) is 0 Å². The molecule has 152 valence electrons. The highest BCUT2D eigenvalue weighted by Crippen LogP contribution is 2.29. The molecule has 0 bridgehead atoms. The number of rotatable bonds is 5. The molecule has 1 saturated heterocycles. The number of hydrogen-bond acceptors (Lipinski definition) is 3. The number of likely N-dealkylation sites (tertiary alicyclic amines) is 1. The topological polar surface area (TPSA) is 49.9 Å². The average molecular weight is 413 g/mol. The Morgan fingerprint density at radius 1 is 1.00 bits per heavy atom. The van der Waals surface area contributed by atoms with Crippen molar-refractivity contribution < 1.29 is 14.3 Å². The summed E-state index contributed by atoms with van der Waals surface area (Å²) in [6.45, 7) is 2.82. The highest BCUT2D eigenvalue weighted by molar-refractivity contribution is 6.30. The molecule has 2 aromatic rings. The normalized spacial score (nSPS) is 16.5. The lowest BCUT2D eigenvalue weighted by Crippen LogP contribution is -2.39. The zero-order chi connectivity index (χ0) is 20.2. The summed E-state index contributed by atoms with van der Waals surface area (Å²) in [6, 6.07) is 13.1. The number of halogens is 1. The van der Waals surface area contributed by atoms with Crippen LogP contribution in [0.15, 0.2) is 42.5 Å². The van der Waals surface area contributed by atoms with Crippen LogP contribution < -0.4 is 4.74 Å². The number of fused-ring (bicyclic) bond motifs is 1. The maximum Gasteiger partial charge on any atom is 0.260 e. The first kappa shape index (κ1) is 19.8. The smallest absolute Gasteiger partial charge is 0.260 e. The van der Waals surface area contributed by atoms with Crippen molar-refractivity contribution >= 4 is 23.4 Å². The molecule has 0 aromatic heterocycles. The third-order valence-corrected chi connectivity index (χ3v) is 5.88. The van der Waals surface area contributed by atoms with Gasteiger partial charge in [-0.25, -0.2) is 0 Å². The van der Waals surface area contributed by atoms with Crippen molar-refractivity contribution in [3.8, 4) is 5.75 Å². The van der Waals surface area contributed by atoms with Crippen molar-refractivity contribution in [1.82, 2.24) is 9.80 Å². The van der Waals surface area contributed by atoms with E-state index in [4.69, 9.17) is 16.3 Å². The number of ether oxygens (including phenoxy) is 1. The van der Waals surface area contributed by atoms with E-state index in [1.54, 1.807) is 0 Å². The minimum atomic E-state index is -0.00555. The van der Waals surface area contributed by atoms with Crippen molar-refractivity contribution in [2.45, 2.75) is 32.2 Å². The molecule has 2 aromatic carbocycles. The molecule has 0 N–H and O–H groups in total. The second kappa shape index (κ2) is 8.87. The van der Waals surface area contributed by atoms with Crippen molar-refractivity contribution in [3.63, 3.8) is 0 Å². The molecule has 0 unspecified atom stereocenters. The van der Waals surface area contributed by atoms with Gasteiger partial charge in [-0.15, -0.1) is 0 Å². The maximum atomic E-state index is 13.0. The van der Waals surface area contributed by atoms with E-state index in [0.717, 1.165) is 37.1 Å². The third-order valence-electron chi connectivity index (χ3n) is 5.63. The predicted octanol–water partition coefficient (Wildman–Crippen LogP) is 3.93. The Hall–Kier alpha value is -2.53. The number of carbonyl (C=O) groups excluding carboxylic acids is 2. The third kappa shape index (κ3) is 4.56. The molecule has 2 aliphatic heterocycles. The lowest BCUT2D eigenvalue weighted by Gasteiger charge is -2.30. The Kier molecular flexibility index (Phi) is 6.05. The summed E-state index contributed by atoms with van der Waals surface area (Å²) in [7, 11) is 0. The van der Waals surface area contributed by atoms with Crippen LogP contribution in [0.1, 0.15) is 40.7 Å². The van der Waals surface area contributed by atoms with Crippen molar-refractivity contribution in [1.29, 1.82) is 0 Å². The standard InChI is InChI=1S/C23H25ClN2O3/c24-18-9-7-17(8-10-18)15-26-14-11-19-20(23(26)28)5-4-6-21(19)29-16-22(27)25-12-2-1-3-13-25/h4-10H,1-3,11-16H2. The Morgan fingerprint density at radius 3 is 2.52 bits per heavy atom. The van der Waals surface area contributed by atoms with Gasteiger partial charge in [0.2, 0.25) is 0 Å². The second-order valence-corrected chi connectivity index (χ2v) is 8.05. The highest BCUT2D eigenvalue weighted by atomic mass is 35.5. The zero-order valence-electron chi connectivity index (χ0n) is 16.4. The molecular weight excluding hydrogens is 388 g/mol. The number of piperidine rings is 1. The first-order valence-electron chi connectivity index (χ1n) is 10.2. The van der Waals surface area contributed by atoms with Gasteiger partial charge < -0.3 is 14.5 Å². The van der Waals surface area contributed by atoms with Crippen LogP contribution in [0.2, 0.25) is 5.02 Å². The summed E-state index contributed by atoms with van der Waals surface area (Å²) < 4.78 is 5.86. The van der Waals surface area contributed by atoms with Crippen LogP contribution in [0.4, 0.5) is 0 Å². The Labute approximate surface area is 176 Å². The van der Waals surface area contributed by atoms with Gasteiger partial charge in [-0.2, -0.15) is 0 Å². The summed E-state index contributed by atoms with van der Waals surface area (Å²) >= 11 is 5.95. The monoisotopic (exact) mass is 412 g/mol. The first-order chi connectivity index (χ1) is 14.1. The first-order valence-corrected chi connectivity index (χ1v) is 10.6. The van der Waals surface area contributed by atoms with Gasteiger partial charge in [0.15, 0.2) is 6.61 Å². The van der Waals surface area contributed by atoms with Crippen LogP contribution in [0.3, 0.4) is 0 Å². The van der Waals surface area contributed by atoms with E-state index in [0.29, 0.717) is 35.8 Å². The fraction of sp³-hybridized carbons (Fsp3) is 0.391. The Balaban J connectivity index is 1.43. The average Bonchev–Trinajstić information content (AvgIpc) is 2.76. The van der Waals surface area contributed by atoms with E-state index in [9.17, 15) is 9.59 Å². The molecule has 6 heteroatoms. The fourth-order valence-electron chi connectivity index (χ4n) is 4.01. The zero-order valence-corrected chi connectivity index (χ0v) is 17.2. The van der Waals surface area contributed by atoms with E-state index >= 15 is 0 Å². The molecule has 0 radical (unpaired) electrons. The molecule has 4 rings (SSSR count). The number of hydrogen-bond donors (Lipinski definition) is 0. The SMILES string of the molecule is O=C(COc1cccc2c1CCN(Cc1ccc(Cl)cc1)C2=O)N1CCCCC1. The molecule has 2 amide bonds. The van der Waals surface area contributed by atoms with Gasteiger partial charge >= 0.3 is 0 Å².